The van der Waals surface area contributed by atoms with E-state index in [0.29, 0.717) is 19.5 Å². The molecule has 5 nitrogen and oxygen atoms in total. The van der Waals surface area contributed by atoms with Crippen LogP contribution in [-0.2, 0) is 16.0 Å². The summed E-state index contributed by atoms with van der Waals surface area (Å²) in [5, 5.41) is 10.6. The van der Waals surface area contributed by atoms with E-state index in [0.717, 1.165) is 18.5 Å². The van der Waals surface area contributed by atoms with E-state index in [1.807, 2.05) is 10.3 Å². The minimum absolute atomic E-state index is 0.0923. The highest BCUT2D eigenvalue weighted by molar-refractivity contribution is 7.07. The molecule has 0 saturated carbocycles. The summed E-state index contributed by atoms with van der Waals surface area (Å²) in [7, 11) is 0. The van der Waals surface area contributed by atoms with E-state index in [-0.39, 0.29) is 18.2 Å². The highest BCUT2D eigenvalue weighted by atomic mass is 32.1. The molecule has 0 radical (unpaired) electrons. The Morgan fingerprint density at radius 3 is 2.72 bits per heavy atom. The molecule has 2 rings (SSSR count). The van der Waals surface area contributed by atoms with Crippen LogP contribution in [0.25, 0.3) is 0 Å². The van der Waals surface area contributed by atoms with E-state index >= 15 is 0 Å². The number of carboxylic acids is 1. The average Bonchev–Trinajstić information content (AvgIpc) is 2.82. The van der Waals surface area contributed by atoms with Crippen LogP contribution in [0.1, 0.15) is 25.0 Å². The van der Waals surface area contributed by atoms with E-state index in [2.05, 4.69) is 4.98 Å². The topological polar surface area (TPSA) is 70.5 Å². The van der Waals surface area contributed by atoms with Crippen LogP contribution in [0.5, 0.6) is 0 Å². The molecule has 1 aromatic heterocycles. The molecule has 6 heteroatoms. The monoisotopic (exact) mass is 268 g/mol. The first-order valence-electron chi connectivity index (χ1n) is 6.02. The number of carbonyl (C=O) groups is 2. The standard InChI is InChI=1S/C12H16N2O3S/c15-11(6-10-7-18-8-13-10)14-3-1-9(2-4-14)5-12(16)17/h7-9H,1-6H2,(H,16,17). The van der Waals surface area contributed by atoms with Crippen molar-refractivity contribution in [2.75, 3.05) is 13.1 Å². The van der Waals surface area contributed by atoms with E-state index in [1.165, 1.54) is 11.3 Å². The molecule has 0 bridgehead atoms. The number of nitrogens with zero attached hydrogens (tertiary/aromatic N) is 2. The lowest BCUT2D eigenvalue weighted by atomic mass is 9.93. The Bertz CT molecular complexity index is 411. The Hall–Kier alpha value is -1.43. The maximum Gasteiger partial charge on any atom is 0.303 e. The summed E-state index contributed by atoms with van der Waals surface area (Å²) < 4.78 is 0. The van der Waals surface area contributed by atoms with Crippen molar-refractivity contribution in [2.24, 2.45) is 5.92 Å². The van der Waals surface area contributed by atoms with Crippen LogP contribution >= 0.6 is 11.3 Å². The molecule has 1 aliphatic rings. The molecule has 0 spiro atoms. The molecule has 1 fully saturated rings. The van der Waals surface area contributed by atoms with Gasteiger partial charge in [0.15, 0.2) is 0 Å². The Morgan fingerprint density at radius 2 is 2.17 bits per heavy atom. The van der Waals surface area contributed by atoms with Crippen molar-refractivity contribution < 1.29 is 14.7 Å². The molecular formula is C12H16N2O3S. The van der Waals surface area contributed by atoms with Gasteiger partial charge in [-0.3, -0.25) is 9.59 Å². The van der Waals surface area contributed by atoms with Gasteiger partial charge in [0.2, 0.25) is 5.91 Å². The fourth-order valence-corrected chi connectivity index (χ4v) is 2.78. The molecule has 1 aromatic rings. The van der Waals surface area contributed by atoms with Crippen LogP contribution in [0, 0.1) is 5.92 Å². The summed E-state index contributed by atoms with van der Waals surface area (Å²) in [4.78, 5) is 28.5. The number of thiazole rings is 1. The molecule has 0 aliphatic carbocycles. The smallest absolute Gasteiger partial charge is 0.303 e. The van der Waals surface area contributed by atoms with E-state index in [1.54, 1.807) is 5.51 Å². The lowest BCUT2D eigenvalue weighted by Gasteiger charge is -2.31. The fraction of sp³-hybridized carbons (Fsp3) is 0.583. The zero-order valence-corrected chi connectivity index (χ0v) is 10.9. The predicted molar refractivity (Wildman–Crippen MR) is 67.4 cm³/mol. The number of rotatable bonds is 4. The second kappa shape index (κ2) is 5.95. The molecule has 1 N–H and O–H groups in total. The third-order valence-electron chi connectivity index (χ3n) is 3.25. The number of aromatic nitrogens is 1. The van der Waals surface area contributed by atoms with Crippen molar-refractivity contribution in [1.82, 2.24) is 9.88 Å². The van der Waals surface area contributed by atoms with Crippen molar-refractivity contribution in [1.29, 1.82) is 0 Å². The second-order valence-electron chi connectivity index (χ2n) is 4.58. The van der Waals surface area contributed by atoms with Crippen molar-refractivity contribution in [3.8, 4) is 0 Å². The highest BCUT2D eigenvalue weighted by Gasteiger charge is 2.24. The van der Waals surface area contributed by atoms with Gasteiger partial charge in [0.1, 0.15) is 0 Å². The molecule has 0 unspecified atom stereocenters. The van der Waals surface area contributed by atoms with Crippen LogP contribution in [0.15, 0.2) is 10.9 Å². The third-order valence-corrected chi connectivity index (χ3v) is 3.88. The minimum atomic E-state index is -0.748. The largest absolute Gasteiger partial charge is 0.481 e. The molecule has 1 saturated heterocycles. The number of hydrogen-bond donors (Lipinski definition) is 1. The summed E-state index contributed by atoms with van der Waals surface area (Å²) in [6.07, 6.45) is 2.14. The van der Waals surface area contributed by atoms with Gasteiger partial charge in [0, 0.05) is 24.9 Å². The summed E-state index contributed by atoms with van der Waals surface area (Å²) in [6.45, 7) is 1.34. The SMILES string of the molecule is O=C(O)CC1CCN(C(=O)Cc2cscn2)CC1. The van der Waals surface area contributed by atoms with Crippen LogP contribution in [-0.4, -0.2) is 40.0 Å². The molecular weight excluding hydrogens is 252 g/mol. The van der Waals surface area contributed by atoms with Crippen LogP contribution in [0.3, 0.4) is 0 Å². The number of carboxylic acid groups (broad SMARTS) is 1. The van der Waals surface area contributed by atoms with Gasteiger partial charge in [-0.2, -0.15) is 0 Å². The Morgan fingerprint density at radius 1 is 1.44 bits per heavy atom. The minimum Gasteiger partial charge on any atom is -0.481 e. The molecule has 98 valence electrons. The summed E-state index contributed by atoms with van der Waals surface area (Å²) >= 11 is 1.49. The highest BCUT2D eigenvalue weighted by Crippen LogP contribution is 2.21. The zero-order valence-electron chi connectivity index (χ0n) is 10.0. The molecule has 0 atom stereocenters. The first-order valence-corrected chi connectivity index (χ1v) is 6.96. The number of amides is 1. The van der Waals surface area contributed by atoms with Gasteiger partial charge < -0.3 is 10.0 Å². The van der Waals surface area contributed by atoms with Crippen molar-refractivity contribution in [2.45, 2.75) is 25.7 Å². The van der Waals surface area contributed by atoms with Gasteiger partial charge in [-0.1, -0.05) is 0 Å². The van der Waals surface area contributed by atoms with Crippen LogP contribution in [0.4, 0.5) is 0 Å². The Kier molecular flexibility index (Phi) is 4.30. The number of piperidine rings is 1. The number of aliphatic carboxylic acids is 1. The van der Waals surface area contributed by atoms with Gasteiger partial charge in [-0.25, -0.2) is 4.98 Å². The molecule has 1 amide bonds. The van der Waals surface area contributed by atoms with E-state index in [4.69, 9.17) is 5.11 Å². The number of carbonyl (C=O) groups excluding carboxylic acids is 1. The molecule has 1 aliphatic heterocycles. The van der Waals surface area contributed by atoms with Gasteiger partial charge >= 0.3 is 5.97 Å². The zero-order chi connectivity index (χ0) is 13.0. The summed E-state index contributed by atoms with van der Waals surface area (Å²) in [5.41, 5.74) is 2.54. The van der Waals surface area contributed by atoms with Crippen molar-refractivity contribution in [3.63, 3.8) is 0 Å². The van der Waals surface area contributed by atoms with Crippen molar-refractivity contribution in [3.05, 3.63) is 16.6 Å². The molecule has 0 aromatic carbocycles. The fourth-order valence-electron chi connectivity index (χ4n) is 2.23. The Labute approximate surface area is 109 Å². The summed E-state index contributed by atoms with van der Waals surface area (Å²) in [6, 6.07) is 0. The van der Waals surface area contributed by atoms with E-state index in [9.17, 15) is 9.59 Å². The first-order chi connectivity index (χ1) is 8.65. The quantitative estimate of drug-likeness (QED) is 0.896. The van der Waals surface area contributed by atoms with Crippen LogP contribution < -0.4 is 0 Å². The lowest BCUT2D eigenvalue weighted by Crippen LogP contribution is -2.39. The lowest BCUT2D eigenvalue weighted by molar-refractivity contribution is -0.138. The molecule has 2 heterocycles. The second-order valence-corrected chi connectivity index (χ2v) is 5.30. The van der Waals surface area contributed by atoms with Crippen molar-refractivity contribution >= 4 is 23.2 Å². The average molecular weight is 268 g/mol. The Balaban J connectivity index is 1.79. The van der Waals surface area contributed by atoms with Gasteiger partial charge in [-0.05, 0) is 18.8 Å². The number of likely N-dealkylation sites (tertiary alicyclic amines) is 1. The molecule has 18 heavy (non-hydrogen) atoms. The predicted octanol–water partition coefficient (Wildman–Crippen LogP) is 1.40. The normalized spacial score (nSPS) is 16.8. The third kappa shape index (κ3) is 3.53. The van der Waals surface area contributed by atoms with Crippen LogP contribution in [0.2, 0.25) is 0 Å². The first kappa shape index (κ1) is 13.0. The van der Waals surface area contributed by atoms with Gasteiger partial charge in [0.25, 0.3) is 0 Å². The summed E-state index contributed by atoms with van der Waals surface area (Å²) in [5.74, 6) is -0.442. The maximum absolute atomic E-state index is 12.0. The van der Waals surface area contributed by atoms with Gasteiger partial charge in [0.05, 0.1) is 17.6 Å². The number of hydrogen-bond acceptors (Lipinski definition) is 4. The van der Waals surface area contributed by atoms with E-state index < -0.39 is 5.97 Å². The maximum atomic E-state index is 12.0. The van der Waals surface area contributed by atoms with Gasteiger partial charge in [-0.15, -0.1) is 11.3 Å².